The molecule has 0 rings (SSSR count). The van der Waals surface area contributed by atoms with E-state index in [0.717, 1.165) is 0 Å². The van der Waals surface area contributed by atoms with Gasteiger partial charge in [0.15, 0.2) is 0 Å². The third kappa shape index (κ3) is 4.11. The summed E-state index contributed by atoms with van der Waals surface area (Å²) in [6.45, 7) is 0. The van der Waals surface area contributed by atoms with Gasteiger partial charge in [-0.3, -0.25) is 0 Å². The highest BCUT2D eigenvalue weighted by molar-refractivity contribution is 5.23. The lowest BCUT2D eigenvalue weighted by atomic mass is 10.4. The van der Waals surface area contributed by atoms with Gasteiger partial charge in [-0.25, -0.2) is 0 Å². The Balaban J connectivity index is 3.91. The topological polar surface area (TPSA) is 73.6 Å². The molecule has 0 aromatic rings. The molecule has 0 aromatic carbocycles. The van der Waals surface area contributed by atoms with Gasteiger partial charge in [0, 0.05) is 6.08 Å². The zero-order valence-electron chi connectivity index (χ0n) is 4.70. The van der Waals surface area contributed by atoms with Crippen molar-refractivity contribution < 1.29 is 0 Å². The van der Waals surface area contributed by atoms with Crippen LogP contribution < -0.4 is 5.73 Å². The predicted molar refractivity (Wildman–Crippen MR) is 32.6 cm³/mol. The summed E-state index contributed by atoms with van der Waals surface area (Å²) in [6, 6.07) is 3.46. The molecule has 0 saturated heterocycles. The molecule has 0 fully saturated rings. The van der Waals surface area contributed by atoms with Crippen LogP contribution in [0.4, 0.5) is 0 Å². The summed E-state index contributed by atoms with van der Waals surface area (Å²) in [6.07, 6.45) is 4.02. The Bertz CT molecular complexity index is 211. The van der Waals surface area contributed by atoms with Crippen LogP contribution in [0.3, 0.4) is 0 Å². The van der Waals surface area contributed by atoms with Gasteiger partial charge in [0.2, 0.25) is 0 Å². The molecular formula is C6H5N3. The molecule has 0 aromatic heterocycles. The average molecular weight is 119 g/mol. The minimum absolute atomic E-state index is 0.0986. The largest absolute Gasteiger partial charge is 0.390 e. The highest BCUT2D eigenvalue weighted by Crippen LogP contribution is 1.80. The number of nitrogens with two attached hydrogens (primary N) is 1. The molecule has 0 amide bonds. The first-order valence-electron chi connectivity index (χ1n) is 2.23. The lowest BCUT2D eigenvalue weighted by Gasteiger charge is -1.75. The maximum atomic E-state index is 8.07. The molecule has 2 N–H and O–H groups in total. The number of nitrogens with zero attached hydrogens (tertiary/aromatic N) is 2. The molecular weight excluding hydrogens is 114 g/mol. The summed E-state index contributed by atoms with van der Waals surface area (Å²) in [4.78, 5) is 0. The van der Waals surface area contributed by atoms with Crippen molar-refractivity contribution >= 4 is 0 Å². The summed E-state index contributed by atoms with van der Waals surface area (Å²) in [5.41, 5.74) is 5.15. The normalized spacial score (nSPS) is 10.7. The Hall–Kier alpha value is -1.74. The first-order valence-corrected chi connectivity index (χ1v) is 2.23. The lowest BCUT2D eigenvalue weighted by Crippen LogP contribution is -1.90. The molecule has 3 nitrogen and oxygen atoms in total. The van der Waals surface area contributed by atoms with E-state index < -0.39 is 0 Å². The van der Waals surface area contributed by atoms with Crippen LogP contribution in [0, 0.1) is 22.7 Å². The van der Waals surface area contributed by atoms with Crippen LogP contribution in [0.15, 0.2) is 23.9 Å². The van der Waals surface area contributed by atoms with Gasteiger partial charge in [0.1, 0.15) is 11.8 Å². The van der Waals surface area contributed by atoms with Gasteiger partial charge in [-0.15, -0.1) is 0 Å². The molecule has 44 valence electrons. The fraction of sp³-hybridized carbons (Fsp3) is 0. The zero-order valence-corrected chi connectivity index (χ0v) is 4.70. The van der Waals surface area contributed by atoms with E-state index in [2.05, 4.69) is 0 Å². The van der Waals surface area contributed by atoms with Gasteiger partial charge in [-0.2, -0.15) is 10.5 Å². The molecule has 0 aliphatic carbocycles. The Labute approximate surface area is 53.3 Å². The van der Waals surface area contributed by atoms with Crippen molar-refractivity contribution in [3.8, 4) is 12.1 Å². The maximum absolute atomic E-state index is 8.07. The van der Waals surface area contributed by atoms with Crippen LogP contribution in [-0.4, -0.2) is 0 Å². The number of rotatable bonds is 1. The van der Waals surface area contributed by atoms with Gasteiger partial charge in [-0.1, -0.05) is 0 Å². The van der Waals surface area contributed by atoms with Gasteiger partial charge >= 0.3 is 0 Å². The van der Waals surface area contributed by atoms with Crippen molar-refractivity contribution in [2.24, 2.45) is 5.73 Å². The summed E-state index contributed by atoms with van der Waals surface area (Å²) in [5.74, 6) is 0. The Morgan fingerprint density at radius 2 is 2.11 bits per heavy atom. The molecule has 9 heavy (non-hydrogen) atoms. The van der Waals surface area contributed by atoms with Crippen molar-refractivity contribution in [2.75, 3.05) is 0 Å². The third-order valence-electron chi connectivity index (χ3n) is 0.576. The van der Waals surface area contributed by atoms with Crippen molar-refractivity contribution in [2.45, 2.75) is 0 Å². The van der Waals surface area contributed by atoms with Crippen molar-refractivity contribution in [1.29, 1.82) is 10.5 Å². The van der Waals surface area contributed by atoms with Gasteiger partial charge in [-0.05, 0) is 12.2 Å². The quantitative estimate of drug-likeness (QED) is 0.402. The SMILES string of the molecule is N#C/C=C\C=C(\N)C#N. The summed E-state index contributed by atoms with van der Waals surface area (Å²) in [5, 5.41) is 16.0. The molecule has 0 unspecified atom stereocenters. The summed E-state index contributed by atoms with van der Waals surface area (Å²) in [7, 11) is 0. The van der Waals surface area contributed by atoms with Gasteiger partial charge in [0.25, 0.3) is 0 Å². The molecule has 0 heterocycles. The maximum Gasteiger partial charge on any atom is 0.117 e. The minimum Gasteiger partial charge on any atom is -0.390 e. The molecule has 0 spiro atoms. The fourth-order valence-electron chi connectivity index (χ4n) is 0.232. The van der Waals surface area contributed by atoms with E-state index in [0.29, 0.717) is 0 Å². The highest BCUT2D eigenvalue weighted by atomic mass is 14.6. The Morgan fingerprint density at radius 1 is 1.44 bits per heavy atom. The molecule has 0 saturated carbocycles. The minimum atomic E-state index is 0.0986. The molecule has 0 bridgehead atoms. The predicted octanol–water partition coefficient (Wildman–Crippen LogP) is 0.432. The van der Waals surface area contributed by atoms with E-state index >= 15 is 0 Å². The molecule has 3 heteroatoms. The second-order valence-corrected chi connectivity index (χ2v) is 1.22. The van der Waals surface area contributed by atoms with Crippen LogP contribution in [0.1, 0.15) is 0 Å². The monoisotopic (exact) mass is 119 g/mol. The standard InChI is InChI=1S/C6H5N3/c7-4-2-1-3-6(9)5-8/h1-3H,9H2/b2-1-,6-3+. The molecule has 0 aliphatic rings. The van der Waals surface area contributed by atoms with Gasteiger partial charge in [0.05, 0.1) is 6.07 Å². The molecule has 0 atom stereocenters. The highest BCUT2D eigenvalue weighted by Gasteiger charge is 1.75. The Morgan fingerprint density at radius 3 is 2.56 bits per heavy atom. The van der Waals surface area contributed by atoms with Crippen LogP contribution >= 0.6 is 0 Å². The summed E-state index contributed by atoms with van der Waals surface area (Å²) < 4.78 is 0. The number of nitriles is 2. The van der Waals surface area contributed by atoms with Crippen LogP contribution in [0.2, 0.25) is 0 Å². The van der Waals surface area contributed by atoms with E-state index in [1.165, 1.54) is 18.2 Å². The average Bonchev–Trinajstić information content (AvgIpc) is 1.89. The van der Waals surface area contributed by atoms with Crippen molar-refractivity contribution in [3.05, 3.63) is 23.9 Å². The summed E-state index contributed by atoms with van der Waals surface area (Å²) >= 11 is 0. The first-order chi connectivity index (χ1) is 4.31. The van der Waals surface area contributed by atoms with Crippen LogP contribution in [0.5, 0.6) is 0 Å². The fourth-order valence-corrected chi connectivity index (χ4v) is 0.232. The second kappa shape index (κ2) is 4.42. The third-order valence-corrected chi connectivity index (χ3v) is 0.576. The van der Waals surface area contributed by atoms with Gasteiger partial charge < -0.3 is 5.73 Å². The van der Waals surface area contributed by atoms with Crippen molar-refractivity contribution in [3.63, 3.8) is 0 Å². The second-order valence-electron chi connectivity index (χ2n) is 1.22. The number of hydrogen-bond acceptors (Lipinski definition) is 3. The number of allylic oxidation sites excluding steroid dienone is 4. The Kier molecular flexibility index (Phi) is 3.57. The lowest BCUT2D eigenvalue weighted by molar-refractivity contribution is 1.39. The van der Waals surface area contributed by atoms with E-state index in [9.17, 15) is 0 Å². The van der Waals surface area contributed by atoms with Crippen molar-refractivity contribution in [1.82, 2.24) is 0 Å². The number of hydrogen-bond donors (Lipinski definition) is 1. The van der Waals surface area contributed by atoms with E-state index in [4.69, 9.17) is 16.3 Å². The van der Waals surface area contributed by atoms with Crippen LogP contribution in [0.25, 0.3) is 0 Å². The van der Waals surface area contributed by atoms with E-state index in [-0.39, 0.29) is 5.70 Å². The molecule has 0 radical (unpaired) electrons. The van der Waals surface area contributed by atoms with Crippen LogP contribution in [-0.2, 0) is 0 Å². The van der Waals surface area contributed by atoms with E-state index in [1.54, 1.807) is 12.1 Å². The first kappa shape index (κ1) is 7.26. The molecule has 0 aliphatic heterocycles. The van der Waals surface area contributed by atoms with E-state index in [1.807, 2.05) is 0 Å². The zero-order chi connectivity index (χ0) is 7.11. The smallest absolute Gasteiger partial charge is 0.117 e.